The Labute approximate surface area is 150 Å². The number of H-pyrrole nitrogens is 1. The largest absolute Gasteiger partial charge is 0.349 e. The van der Waals surface area contributed by atoms with Crippen LogP contribution in [0.15, 0.2) is 46.2 Å². The molecule has 0 saturated heterocycles. The van der Waals surface area contributed by atoms with Gasteiger partial charge in [0.25, 0.3) is 5.56 Å². The zero-order valence-corrected chi connectivity index (χ0v) is 14.2. The smallest absolute Gasteiger partial charge is 0.271 e. The van der Waals surface area contributed by atoms with Crippen LogP contribution in [0.2, 0.25) is 15.2 Å². The topological polar surface area (TPSA) is 80.6 Å². The Morgan fingerprint density at radius 3 is 2.33 bits per heavy atom. The van der Waals surface area contributed by atoms with Gasteiger partial charge in [-0.3, -0.25) is 9.78 Å². The molecule has 3 rings (SSSR count). The fraction of sp³-hybridized carbons (Fsp3) is 0.0667. The molecular formula is C15H9Cl3N4O2. The van der Waals surface area contributed by atoms with E-state index in [-0.39, 0.29) is 0 Å². The molecule has 0 bridgehead atoms. The highest BCUT2D eigenvalue weighted by atomic mass is 35.5. The molecule has 24 heavy (non-hydrogen) atoms. The predicted octanol–water partition coefficient (Wildman–Crippen LogP) is 2.87. The highest BCUT2D eigenvalue weighted by Crippen LogP contribution is 2.29. The molecule has 9 heteroatoms. The summed E-state index contributed by atoms with van der Waals surface area (Å²) in [6.45, 7) is 0. The van der Waals surface area contributed by atoms with Crippen LogP contribution in [0.1, 0.15) is 11.1 Å². The third kappa shape index (κ3) is 3.51. The van der Waals surface area contributed by atoms with Crippen molar-refractivity contribution in [3.05, 3.63) is 83.8 Å². The van der Waals surface area contributed by atoms with Gasteiger partial charge in [-0.05, 0) is 29.3 Å². The number of nitrogens with one attached hydrogen (secondary N) is 1. The van der Waals surface area contributed by atoms with Gasteiger partial charge in [0.15, 0.2) is 0 Å². The predicted molar refractivity (Wildman–Crippen MR) is 92.5 cm³/mol. The van der Waals surface area contributed by atoms with E-state index in [4.69, 9.17) is 34.8 Å². The second-order valence-corrected chi connectivity index (χ2v) is 6.11. The molecule has 3 aromatic rings. The minimum absolute atomic E-state index is 0.351. The molecule has 0 unspecified atom stereocenters. The van der Waals surface area contributed by atoms with Gasteiger partial charge in [0.1, 0.15) is 11.3 Å². The number of hydrogen-bond donors (Lipinski definition) is 1. The number of hydrogen-bond acceptors (Lipinski definition) is 4. The van der Waals surface area contributed by atoms with Crippen molar-refractivity contribution in [3.8, 4) is 5.69 Å². The molecule has 0 amide bonds. The van der Waals surface area contributed by atoms with Gasteiger partial charge in [0.2, 0.25) is 0 Å². The highest BCUT2D eigenvalue weighted by Gasteiger charge is 2.12. The minimum Gasteiger partial charge on any atom is -0.271 e. The summed E-state index contributed by atoms with van der Waals surface area (Å²) in [5.74, 6) is 0. The van der Waals surface area contributed by atoms with Gasteiger partial charge in [-0.1, -0.05) is 40.9 Å². The van der Waals surface area contributed by atoms with E-state index in [1.165, 1.54) is 0 Å². The third-order valence-electron chi connectivity index (χ3n) is 3.25. The lowest BCUT2D eigenvalue weighted by Gasteiger charge is -2.10. The van der Waals surface area contributed by atoms with Gasteiger partial charge < -0.3 is 0 Å². The average Bonchev–Trinajstić information content (AvgIpc) is 2.52. The lowest BCUT2D eigenvalue weighted by Crippen LogP contribution is -2.30. The molecule has 6 nitrogen and oxygen atoms in total. The van der Waals surface area contributed by atoms with Crippen LogP contribution in [0.3, 0.4) is 0 Å². The number of aromatic amines is 1. The summed E-state index contributed by atoms with van der Waals surface area (Å²) < 4.78 is 1.01. The lowest BCUT2D eigenvalue weighted by molar-refractivity contribution is 0.749. The number of benzene rings is 1. The van der Waals surface area contributed by atoms with Crippen molar-refractivity contribution in [3.63, 3.8) is 0 Å². The van der Waals surface area contributed by atoms with Crippen LogP contribution in [-0.4, -0.2) is 19.7 Å². The Balaban J connectivity index is 2.01. The van der Waals surface area contributed by atoms with Crippen LogP contribution in [0, 0.1) is 0 Å². The van der Waals surface area contributed by atoms with Crippen molar-refractivity contribution in [2.24, 2.45) is 0 Å². The van der Waals surface area contributed by atoms with E-state index in [1.54, 1.807) is 24.4 Å². The molecule has 0 aliphatic rings. The van der Waals surface area contributed by atoms with E-state index in [9.17, 15) is 9.59 Å². The standard InChI is InChI=1S/C15H9Cl3N4O2/c16-11-4-9(22-15(24)21-14(23)7-20-22)5-12(17)10(11)3-8-1-2-13(18)19-6-8/h1-2,4-7H,3H2,(H,21,23,24). The first kappa shape index (κ1) is 16.7. The van der Waals surface area contributed by atoms with E-state index < -0.39 is 11.2 Å². The normalized spacial score (nSPS) is 10.8. The van der Waals surface area contributed by atoms with Gasteiger partial charge in [0, 0.05) is 22.7 Å². The summed E-state index contributed by atoms with van der Waals surface area (Å²) in [6, 6.07) is 6.61. The molecule has 2 aromatic heterocycles. The Kier molecular flexibility index (Phi) is 4.71. The lowest BCUT2D eigenvalue weighted by atomic mass is 10.1. The Morgan fingerprint density at radius 1 is 1.04 bits per heavy atom. The minimum atomic E-state index is -0.677. The summed E-state index contributed by atoms with van der Waals surface area (Å²) in [4.78, 5) is 29.0. The van der Waals surface area contributed by atoms with E-state index in [0.717, 1.165) is 16.4 Å². The van der Waals surface area contributed by atoms with Crippen LogP contribution in [0.5, 0.6) is 0 Å². The van der Waals surface area contributed by atoms with Crippen molar-refractivity contribution < 1.29 is 0 Å². The van der Waals surface area contributed by atoms with Crippen molar-refractivity contribution >= 4 is 34.8 Å². The van der Waals surface area contributed by atoms with Crippen LogP contribution < -0.4 is 11.2 Å². The van der Waals surface area contributed by atoms with Crippen LogP contribution in [-0.2, 0) is 6.42 Å². The van der Waals surface area contributed by atoms with E-state index in [2.05, 4.69) is 15.1 Å². The summed E-state index contributed by atoms with van der Waals surface area (Å²) >= 11 is 18.4. The van der Waals surface area contributed by atoms with E-state index in [1.807, 2.05) is 6.07 Å². The highest BCUT2D eigenvalue weighted by molar-refractivity contribution is 6.36. The summed E-state index contributed by atoms with van der Waals surface area (Å²) in [5, 5.41) is 4.91. The molecule has 0 aliphatic carbocycles. The SMILES string of the molecule is O=c1cnn(-c2cc(Cl)c(Cc3ccc(Cl)nc3)c(Cl)c2)c(=O)[nH]1. The van der Waals surface area contributed by atoms with Gasteiger partial charge >= 0.3 is 5.69 Å². The fourth-order valence-electron chi connectivity index (χ4n) is 2.13. The van der Waals surface area contributed by atoms with Crippen LogP contribution in [0.4, 0.5) is 0 Å². The molecule has 0 aliphatic heterocycles. The number of aromatic nitrogens is 4. The summed E-state index contributed by atoms with van der Waals surface area (Å²) in [6.07, 6.45) is 3.09. The molecule has 0 fully saturated rings. The number of halogens is 3. The van der Waals surface area contributed by atoms with Gasteiger partial charge in [-0.2, -0.15) is 9.78 Å². The Morgan fingerprint density at radius 2 is 1.75 bits per heavy atom. The molecule has 0 spiro atoms. The molecule has 0 radical (unpaired) electrons. The van der Waals surface area contributed by atoms with Gasteiger partial charge in [-0.15, -0.1) is 0 Å². The second-order valence-electron chi connectivity index (χ2n) is 4.90. The molecular weight excluding hydrogens is 375 g/mol. The Bertz CT molecular complexity index is 989. The first-order valence-electron chi connectivity index (χ1n) is 6.71. The molecule has 2 heterocycles. The molecule has 0 atom stereocenters. The maximum atomic E-state index is 11.8. The molecule has 1 aromatic carbocycles. The monoisotopic (exact) mass is 382 g/mol. The van der Waals surface area contributed by atoms with E-state index >= 15 is 0 Å². The van der Waals surface area contributed by atoms with Crippen LogP contribution >= 0.6 is 34.8 Å². The zero-order chi connectivity index (χ0) is 17.3. The van der Waals surface area contributed by atoms with Gasteiger partial charge in [-0.25, -0.2) is 9.78 Å². The second kappa shape index (κ2) is 6.76. The molecule has 0 saturated carbocycles. The zero-order valence-electron chi connectivity index (χ0n) is 12.0. The van der Waals surface area contributed by atoms with Crippen LogP contribution in [0.25, 0.3) is 5.69 Å². The summed E-state index contributed by atoms with van der Waals surface area (Å²) in [5.41, 5.74) is 0.660. The maximum absolute atomic E-state index is 11.8. The molecule has 1 N–H and O–H groups in total. The first-order valence-corrected chi connectivity index (χ1v) is 7.85. The summed E-state index contributed by atoms with van der Waals surface area (Å²) in [7, 11) is 0. The van der Waals surface area contributed by atoms with Crippen molar-refractivity contribution in [1.29, 1.82) is 0 Å². The van der Waals surface area contributed by atoms with Crippen molar-refractivity contribution in [2.75, 3.05) is 0 Å². The third-order valence-corrected chi connectivity index (χ3v) is 4.15. The maximum Gasteiger partial charge on any atom is 0.349 e. The Hall–Kier alpha value is -2.15. The quantitative estimate of drug-likeness (QED) is 0.705. The number of pyridine rings is 1. The average molecular weight is 384 g/mol. The molecule has 122 valence electrons. The number of rotatable bonds is 3. The van der Waals surface area contributed by atoms with Crippen molar-refractivity contribution in [1.82, 2.24) is 19.7 Å². The first-order chi connectivity index (χ1) is 11.4. The van der Waals surface area contributed by atoms with Gasteiger partial charge in [0.05, 0.1) is 5.69 Å². The number of nitrogens with zero attached hydrogens (tertiary/aromatic N) is 3. The fourth-order valence-corrected chi connectivity index (χ4v) is 2.85. The van der Waals surface area contributed by atoms with E-state index in [0.29, 0.717) is 32.9 Å². The van der Waals surface area contributed by atoms with Crippen molar-refractivity contribution in [2.45, 2.75) is 6.42 Å².